The standard InChI is InChI=1S/C12H13Cl2N5O/c1-18(2)12(20)15-6-11-16-7-17-19(11)10-4-3-8(13)5-9(10)14/h3-5,7H,6H2,1-2H3,(H,15,20). The second-order valence-electron chi connectivity index (χ2n) is 4.24. The average molecular weight is 314 g/mol. The Morgan fingerprint density at radius 2 is 2.15 bits per heavy atom. The number of urea groups is 1. The lowest BCUT2D eigenvalue weighted by atomic mass is 10.3. The minimum absolute atomic E-state index is 0.207. The summed E-state index contributed by atoms with van der Waals surface area (Å²) in [4.78, 5) is 17.1. The maximum Gasteiger partial charge on any atom is 0.317 e. The SMILES string of the molecule is CN(C)C(=O)NCc1ncnn1-c1ccc(Cl)cc1Cl. The normalized spacial score (nSPS) is 10.4. The molecule has 0 atom stereocenters. The monoisotopic (exact) mass is 313 g/mol. The largest absolute Gasteiger partial charge is 0.331 e. The molecule has 1 heterocycles. The van der Waals surface area contributed by atoms with Gasteiger partial charge in [0, 0.05) is 19.1 Å². The fourth-order valence-electron chi connectivity index (χ4n) is 1.55. The van der Waals surface area contributed by atoms with Crippen LogP contribution in [0.4, 0.5) is 4.79 Å². The van der Waals surface area contributed by atoms with Gasteiger partial charge in [-0.15, -0.1) is 0 Å². The van der Waals surface area contributed by atoms with E-state index in [9.17, 15) is 4.79 Å². The topological polar surface area (TPSA) is 63.1 Å². The van der Waals surface area contributed by atoms with Crippen molar-refractivity contribution in [2.24, 2.45) is 0 Å². The van der Waals surface area contributed by atoms with Crippen LogP contribution in [0.5, 0.6) is 0 Å². The van der Waals surface area contributed by atoms with E-state index in [1.807, 2.05) is 0 Å². The van der Waals surface area contributed by atoms with E-state index < -0.39 is 0 Å². The summed E-state index contributed by atoms with van der Waals surface area (Å²) < 4.78 is 1.56. The third kappa shape index (κ3) is 3.20. The number of hydrogen-bond acceptors (Lipinski definition) is 3. The van der Waals surface area contributed by atoms with E-state index in [2.05, 4.69) is 15.4 Å². The van der Waals surface area contributed by atoms with Gasteiger partial charge in [-0.2, -0.15) is 5.10 Å². The Morgan fingerprint density at radius 3 is 2.80 bits per heavy atom. The number of carbonyl (C=O) groups excluding carboxylic acids is 1. The number of carbonyl (C=O) groups is 1. The summed E-state index contributed by atoms with van der Waals surface area (Å²) in [6, 6.07) is 4.88. The van der Waals surface area contributed by atoms with Crippen molar-refractivity contribution >= 4 is 29.2 Å². The van der Waals surface area contributed by atoms with Gasteiger partial charge in [-0.25, -0.2) is 14.5 Å². The summed E-state index contributed by atoms with van der Waals surface area (Å²) in [7, 11) is 3.33. The molecule has 6 nitrogen and oxygen atoms in total. The van der Waals surface area contributed by atoms with Gasteiger partial charge >= 0.3 is 6.03 Å². The third-order valence-corrected chi connectivity index (χ3v) is 3.10. The van der Waals surface area contributed by atoms with Gasteiger partial charge < -0.3 is 10.2 Å². The van der Waals surface area contributed by atoms with Gasteiger partial charge in [-0.1, -0.05) is 23.2 Å². The van der Waals surface area contributed by atoms with Crippen LogP contribution in [0.15, 0.2) is 24.5 Å². The lowest BCUT2D eigenvalue weighted by Crippen LogP contribution is -2.34. The highest BCUT2D eigenvalue weighted by atomic mass is 35.5. The summed E-state index contributed by atoms with van der Waals surface area (Å²) in [6.07, 6.45) is 1.40. The maximum atomic E-state index is 11.5. The minimum Gasteiger partial charge on any atom is -0.331 e. The summed E-state index contributed by atoms with van der Waals surface area (Å²) in [5.41, 5.74) is 0.655. The van der Waals surface area contributed by atoms with Crippen molar-refractivity contribution in [3.05, 3.63) is 40.4 Å². The highest BCUT2D eigenvalue weighted by Crippen LogP contribution is 2.24. The number of amides is 2. The molecule has 0 spiro atoms. The average Bonchev–Trinajstić information content (AvgIpc) is 2.84. The van der Waals surface area contributed by atoms with Crippen LogP contribution in [0.25, 0.3) is 5.69 Å². The Hall–Kier alpha value is -1.79. The molecule has 0 unspecified atom stereocenters. The van der Waals surface area contributed by atoms with Crippen LogP contribution in [0.2, 0.25) is 10.0 Å². The fourth-order valence-corrected chi connectivity index (χ4v) is 2.04. The fraction of sp³-hybridized carbons (Fsp3) is 0.250. The molecule has 0 saturated heterocycles. The van der Waals surface area contributed by atoms with Crippen LogP contribution < -0.4 is 5.32 Å². The van der Waals surface area contributed by atoms with E-state index in [-0.39, 0.29) is 12.6 Å². The molecule has 1 aromatic carbocycles. The smallest absolute Gasteiger partial charge is 0.317 e. The summed E-state index contributed by atoms with van der Waals surface area (Å²) >= 11 is 12.0. The van der Waals surface area contributed by atoms with E-state index >= 15 is 0 Å². The predicted octanol–water partition coefficient (Wildman–Crippen LogP) is 2.35. The zero-order valence-electron chi connectivity index (χ0n) is 11.0. The molecule has 0 bridgehead atoms. The van der Waals surface area contributed by atoms with E-state index in [1.165, 1.54) is 11.2 Å². The highest BCUT2D eigenvalue weighted by molar-refractivity contribution is 6.35. The molecule has 1 aromatic heterocycles. The van der Waals surface area contributed by atoms with Crippen LogP contribution in [0.3, 0.4) is 0 Å². The molecule has 0 radical (unpaired) electrons. The van der Waals surface area contributed by atoms with Gasteiger partial charge in [0.2, 0.25) is 0 Å². The van der Waals surface area contributed by atoms with Crippen molar-refractivity contribution < 1.29 is 4.79 Å². The van der Waals surface area contributed by atoms with Crippen LogP contribution >= 0.6 is 23.2 Å². The van der Waals surface area contributed by atoms with Crippen molar-refractivity contribution in [1.82, 2.24) is 25.0 Å². The molecule has 1 N–H and O–H groups in total. The molecule has 2 rings (SSSR count). The van der Waals surface area contributed by atoms with Gasteiger partial charge in [-0.05, 0) is 18.2 Å². The number of benzene rings is 1. The lowest BCUT2D eigenvalue weighted by Gasteiger charge is -2.12. The highest BCUT2D eigenvalue weighted by Gasteiger charge is 2.12. The van der Waals surface area contributed by atoms with E-state index in [4.69, 9.17) is 23.2 Å². The van der Waals surface area contributed by atoms with Crippen LogP contribution in [-0.2, 0) is 6.54 Å². The summed E-state index contributed by atoms with van der Waals surface area (Å²) in [5.74, 6) is 0.574. The molecule has 0 aliphatic carbocycles. The van der Waals surface area contributed by atoms with E-state index in [0.29, 0.717) is 21.6 Å². The number of hydrogen-bond donors (Lipinski definition) is 1. The van der Waals surface area contributed by atoms with Gasteiger partial charge in [0.05, 0.1) is 17.3 Å². The Balaban J connectivity index is 2.22. The van der Waals surface area contributed by atoms with Crippen molar-refractivity contribution in [3.63, 3.8) is 0 Å². The van der Waals surface area contributed by atoms with Crippen molar-refractivity contribution in [2.75, 3.05) is 14.1 Å². The number of rotatable bonds is 3. The molecule has 8 heteroatoms. The maximum absolute atomic E-state index is 11.5. The Bertz CT molecular complexity index is 626. The quantitative estimate of drug-likeness (QED) is 0.946. The first-order chi connectivity index (χ1) is 9.49. The van der Waals surface area contributed by atoms with E-state index in [0.717, 1.165) is 0 Å². The van der Waals surface area contributed by atoms with Crippen molar-refractivity contribution in [1.29, 1.82) is 0 Å². The second-order valence-corrected chi connectivity index (χ2v) is 5.08. The van der Waals surface area contributed by atoms with Crippen LogP contribution in [0, 0.1) is 0 Å². The van der Waals surface area contributed by atoms with Crippen LogP contribution in [0.1, 0.15) is 5.82 Å². The molecule has 106 valence electrons. The Morgan fingerprint density at radius 1 is 1.40 bits per heavy atom. The first-order valence-corrected chi connectivity index (χ1v) is 6.54. The number of halogens is 2. The minimum atomic E-state index is -0.207. The molecule has 2 aromatic rings. The van der Waals surface area contributed by atoms with Gasteiger partial charge in [0.1, 0.15) is 6.33 Å². The molecule has 20 heavy (non-hydrogen) atoms. The predicted molar refractivity (Wildman–Crippen MR) is 77.3 cm³/mol. The first kappa shape index (κ1) is 14.6. The molecule has 0 aliphatic heterocycles. The molecule has 0 saturated carbocycles. The first-order valence-electron chi connectivity index (χ1n) is 5.78. The number of nitrogens with one attached hydrogen (secondary N) is 1. The molecule has 0 aliphatic rings. The Kier molecular flexibility index (Phi) is 4.46. The number of nitrogens with zero attached hydrogens (tertiary/aromatic N) is 4. The molecule has 0 fully saturated rings. The van der Waals surface area contributed by atoms with Crippen LogP contribution in [-0.4, -0.2) is 39.8 Å². The summed E-state index contributed by atoms with van der Waals surface area (Å²) in [5, 5.41) is 7.84. The molecular weight excluding hydrogens is 301 g/mol. The van der Waals surface area contributed by atoms with Gasteiger partial charge in [0.25, 0.3) is 0 Å². The van der Waals surface area contributed by atoms with Crippen molar-refractivity contribution in [2.45, 2.75) is 6.54 Å². The molecule has 2 amide bonds. The van der Waals surface area contributed by atoms with Gasteiger partial charge in [0.15, 0.2) is 5.82 Å². The van der Waals surface area contributed by atoms with E-state index in [1.54, 1.807) is 37.0 Å². The number of aromatic nitrogens is 3. The van der Waals surface area contributed by atoms with Gasteiger partial charge in [-0.3, -0.25) is 0 Å². The zero-order chi connectivity index (χ0) is 14.7. The summed E-state index contributed by atoms with van der Waals surface area (Å²) in [6.45, 7) is 0.246. The third-order valence-electron chi connectivity index (χ3n) is 2.56. The lowest BCUT2D eigenvalue weighted by molar-refractivity contribution is 0.216. The van der Waals surface area contributed by atoms with Crippen molar-refractivity contribution in [3.8, 4) is 5.69 Å². The zero-order valence-corrected chi connectivity index (χ0v) is 12.5. The Labute approximate surface area is 126 Å². The second kappa shape index (κ2) is 6.11. The molecular formula is C12H13Cl2N5O.